The van der Waals surface area contributed by atoms with Gasteiger partial charge in [0.25, 0.3) is 0 Å². The summed E-state index contributed by atoms with van der Waals surface area (Å²) < 4.78 is 13.1. The van der Waals surface area contributed by atoms with Gasteiger partial charge in [0.15, 0.2) is 0 Å². The summed E-state index contributed by atoms with van der Waals surface area (Å²) in [4.78, 5) is 11.1. The Morgan fingerprint density at radius 3 is 3.00 bits per heavy atom. The van der Waals surface area contributed by atoms with Gasteiger partial charge in [-0.3, -0.25) is 4.79 Å². The monoisotopic (exact) mass is 223 g/mol. The lowest BCUT2D eigenvalue weighted by molar-refractivity contribution is -0.143. The lowest BCUT2D eigenvalue weighted by atomic mass is 9.86. The molecule has 1 aliphatic rings. The fraction of sp³-hybridized carbons (Fsp3) is 0.417. The Kier molecular flexibility index (Phi) is 3.19. The minimum atomic E-state index is -0.818. The van der Waals surface area contributed by atoms with E-state index in [-0.39, 0.29) is 11.9 Å². The normalized spacial score (nSPS) is 25.3. The minimum absolute atomic E-state index is 0.276. The maximum atomic E-state index is 13.1. The molecule has 0 bridgehead atoms. The van der Waals surface area contributed by atoms with Gasteiger partial charge in [0.05, 0.1) is 5.92 Å². The van der Waals surface area contributed by atoms with E-state index in [4.69, 9.17) is 5.11 Å². The van der Waals surface area contributed by atoms with Gasteiger partial charge in [-0.15, -0.1) is 0 Å². The third-order valence-corrected chi connectivity index (χ3v) is 2.98. The van der Waals surface area contributed by atoms with Gasteiger partial charge in [-0.1, -0.05) is 12.1 Å². The molecule has 1 aromatic carbocycles. The molecule has 0 amide bonds. The number of carboxylic acid groups (broad SMARTS) is 1. The van der Waals surface area contributed by atoms with Gasteiger partial charge < -0.3 is 10.4 Å². The third-order valence-electron chi connectivity index (χ3n) is 2.98. The van der Waals surface area contributed by atoms with Crippen LogP contribution < -0.4 is 5.32 Å². The summed E-state index contributed by atoms with van der Waals surface area (Å²) in [6, 6.07) is 5.87. The second-order valence-electron chi connectivity index (χ2n) is 4.07. The summed E-state index contributed by atoms with van der Waals surface area (Å²) >= 11 is 0. The maximum Gasteiger partial charge on any atom is 0.308 e. The molecule has 1 aliphatic heterocycles. The molecule has 3 nitrogen and oxygen atoms in total. The van der Waals surface area contributed by atoms with Crippen LogP contribution >= 0.6 is 0 Å². The number of benzene rings is 1. The fourth-order valence-corrected chi connectivity index (χ4v) is 2.20. The summed E-state index contributed by atoms with van der Waals surface area (Å²) in [6.45, 7) is 0.783. The predicted molar refractivity (Wildman–Crippen MR) is 57.5 cm³/mol. The largest absolute Gasteiger partial charge is 0.481 e. The van der Waals surface area contributed by atoms with Crippen LogP contribution in [0.1, 0.15) is 24.4 Å². The van der Waals surface area contributed by atoms with Crippen molar-refractivity contribution in [2.24, 2.45) is 5.92 Å². The molecule has 0 radical (unpaired) electrons. The highest BCUT2D eigenvalue weighted by Gasteiger charge is 2.31. The topological polar surface area (TPSA) is 49.3 Å². The van der Waals surface area contributed by atoms with Crippen molar-refractivity contribution in [3.05, 3.63) is 35.6 Å². The number of piperidine rings is 1. The molecule has 2 rings (SSSR count). The number of aliphatic carboxylic acids is 1. The van der Waals surface area contributed by atoms with E-state index in [9.17, 15) is 9.18 Å². The molecular weight excluding hydrogens is 209 g/mol. The van der Waals surface area contributed by atoms with Crippen molar-refractivity contribution >= 4 is 5.97 Å². The molecule has 0 saturated carbocycles. The second-order valence-corrected chi connectivity index (χ2v) is 4.07. The molecule has 4 heteroatoms. The molecular formula is C12H14FNO2. The highest BCUT2D eigenvalue weighted by molar-refractivity contribution is 5.71. The fourth-order valence-electron chi connectivity index (χ4n) is 2.20. The van der Waals surface area contributed by atoms with E-state index in [2.05, 4.69) is 5.32 Å². The first-order chi connectivity index (χ1) is 7.68. The summed E-state index contributed by atoms with van der Waals surface area (Å²) in [6.07, 6.45) is 1.49. The van der Waals surface area contributed by atoms with E-state index in [1.54, 1.807) is 12.1 Å². The molecule has 1 saturated heterocycles. The summed E-state index contributed by atoms with van der Waals surface area (Å²) in [5.41, 5.74) is 0.715. The highest BCUT2D eigenvalue weighted by Crippen LogP contribution is 2.29. The maximum absolute atomic E-state index is 13.1. The van der Waals surface area contributed by atoms with Crippen LogP contribution in [0.25, 0.3) is 0 Å². The Hall–Kier alpha value is -1.42. The zero-order chi connectivity index (χ0) is 11.5. The van der Waals surface area contributed by atoms with Crippen LogP contribution in [0.5, 0.6) is 0 Å². The van der Waals surface area contributed by atoms with Crippen molar-refractivity contribution in [2.75, 3.05) is 6.54 Å². The van der Waals surface area contributed by atoms with Crippen LogP contribution in [0, 0.1) is 11.7 Å². The van der Waals surface area contributed by atoms with Crippen LogP contribution in [0.2, 0.25) is 0 Å². The first-order valence-corrected chi connectivity index (χ1v) is 5.40. The van der Waals surface area contributed by atoms with Crippen LogP contribution in [0.4, 0.5) is 4.39 Å². The summed E-state index contributed by atoms with van der Waals surface area (Å²) in [5, 5.41) is 12.3. The van der Waals surface area contributed by atoms with Crippen LogP contribution in [0.15, 0.2) is 24.3 Å². The van der Waals surface area contributed by atoms with E-state index in [0.717, 1.165) is 13.0 Å². The number of hydrogen-bond acceptors (Lipinski definition) is 2. The highest BCUT2D eigenvalue weighted by atomic mass is 19.1. The molecule has 0 aromatic heterocycles. The van der Waals surface area contributed by atoms with Gasteiger partial charge in [-0.25, -0.2) is 4.39 Å². The summed E-state index contributed by atoms with van der Waals surface area (Å²) in [7, 11) is 0. The molecule has 2 atom stereocenters. The van der Waals surface area contributed by atoms with E-state index >= 15 is 0 Å². The van der Waals surface area contributed by atoms with Crippen LogP contribution in [-0.4, -0.2) is 17.6 Å². The van der Waals surface area contributed by atoms with Gasteiger partial charge in [-0.2, -0.15) is 0 Å². The number of carboxylic acids is 1. The first kappa shape index (κ1) is 11.1. The van der Waals surface area contributed by atoms with Gasteiger partial charge in [0, 0.05) is 6.04 Å². The zero-order valence-electron chi connectivity index (χ0n) is 8.82. The van der Waals surface area contributed by atoms with Gasteiger partial charge in [0.1, 0.15) is 5.82 Å². The number of nitrogens with one attached hydrogen (secondary N) is 1. The lowest BCUT2D eigenvalue weighted by Gasteiger charge is -2.30. The van der Waals surface area contributed by atoms with Crippen molar-refractivity contribution in [1.82, 2.24) is 5.32 Å². The molecule has 16 heavy (non-hydrogen) atoms. The van der Waals surface area contributed by atoms with Gasteiger partial charge in [0.2, 0.25) is 0 Å². The first-order valence-electron chi connectivity index (χ1n) is 5.40. The summed E-state index contributed by atoms with van der Waals surface area (Å²) in [5.74, 6) is -1.61. The van der Waals surface area contributed by atoms with E-state index in [1.165, 1.54) is 12.1 Å². The average molecular weight is 223 g/mol. The quantitative estimate of drug-likeness (QED) is 0.805. The Bertz CT molecular complexity index is 394. The molecule has 86 valence electrons. The smallest absolute Gasteiger partial charge is 0.308 e. The molecule has 2 N–H and O–H groups in total. The van der Waals surface area contributed by atoms with Gasteiger partial charge in [-0.05, 0) is 37.1 Å². The lowest BCUT2D eigenvalue weighted by Crippen LogP contribution is -2.38. The Morgan fingerprint density at radius 1 is 1.50 bits per heavy atom. The molecule has 1 aromatic rings. The van der Waals surface area contributed by atoms with Crippen molar-refractivity contribution in [1.29, 1.82) is 0 Å². The predicted octanol–water partition coefficient (Wildman–Crippen LogP) is 1.95. The molecule has 0 spiro atoms. The van der Waals surface area contributed by atoms with Crippen molar-refractivity contribution < 1.29 is 14.3 Å². The standard InChI is InChI=1S/C12H14FNO2/c13-9-4-1-3-8(7-9)11-10(12(15)16)5-2-6-14-11/h1,3-4,7,10-11,14H,2,5-6H2,(H,15,16). The van der Waals surface area contributed by atoms with Crippen LogP contribution in [0.3, 0.4) is 0 Å². The average Bonchev–Trinajstić information content (AvgIpc) is 2.29. The molecule has 0 aliphatic carbocycles. The molecule has 1 heterocycles. The Balaban J connectivity index is 2.26. The van der Waals surface area contributed by atoms with Crippen molar-refractivity contribution in [3.8, 4) is 0 Å². The zero-order valence-corrected chi connectivity index (χ0v) is 8.82. The number of hydrogen-bond donors (Lipinski definition) is 2. The molecule has 2 unspecified atom stereocenters. The number of rotatable bonds is 2. The Labute approximate surface area is 93.3 Å². The third kappa shape index (κ3) is 2.22. The van der Waals surface area contributed by atoms with Gasteiger partial charge >= 0.3 is 5.97 Å². The van der Waals surface area contributed by atoms with Crippen LogP contribution in [-0.2, 0) is 4.79 Å². The second kappa shape index (κ2) is 4.61. The van der Waals surface area contributed by atoms with E-state index in [0.29, 0.717) is 12.0 Å². The SMILES string of the molecule is O=C(O)C1CCCNC1c1cccc(F)c1. The minimum Gasteiger partial charge on any atom is -0.481 e. The molecule has 1 fully saturated rings. The number of carbonyl (C=O) groups is 1. The number of halogens is 1. The Morgan fingerprint density at radius 2 is 2.31 bits per heavy atom. The van der Waals surface area contributed by atoms with Crippen molar-refractivity contribution in [3.63, 3.8) is 0 Å². The van der Waals surface area contributed by atoms with Crippen molar-refractivity contribution in [2.45, 2.75) is 18.9 Å². The van der Waals surface area contributed by atoms with E-state index in [1.807, 2.05) is 0 Å². The van der Waals surface area contributed by atoms with E-state index < -0.39 is 11.9 Å².